The zero-order valence-corrected chi connectivity index (χ0v) is 19.5. The molecular formula is C26H36O7. The minimum Gasteiger partial charge on any atom is -0.497 e. The highest BCUT2D eigenvalue weighted by Gasteiger charge is 2.61. The quantitative estimate of drug-likeness (QED) is 0.643. The van der Waals surface area contributed by atoms with Crippen LogP contribution in [0.3, 0.4) is 0 Å². The molecule has 6 rings (SSSR count). The molecule has 2 saturated carbocycles. The van der Waals surface area contributed by atoms with Crippen molar-refractivity contribution in [3.05, 3.63) is 29.8 Å². The number of fused-ring (bicyclic) bond motifs is 1. The molecule has 2 spiro atoms. The van der Waals surface area contributed by atoms with E-state index < -0.39 is 17.9 Å². The Morgan fingerprint density at radius 3 is 2.21 bits per heavy atom. The lowest BCUT2D eigenvalue weighted by Gasteiger charge is -2.35. The fraction of sp³-hybridized carbons (Fsp3) is 0.769. The van der Waals surface area contributed by atoms with E-state index in [0.29, 0.717) is 13.2 Å². The van der Waals surface area contributed by atoms with E-state index in [-0.39, 0.29) is 24.4 Å². The van der Waals surface area contributed by atoms with Crippen LogP contribution in [0.15, 0.2) is 24.3 Å². The van der Waals surface area contributed by atoms with Crippen molar-refractivity contribution < 1.29 is 33.2 Å². The molecule has 0 radical (unpaired) electrons. The van der Waals surface area contributed by atoms with Gasteiger partial charge in [0.15, 0.2) is 17.9 Å². The fourth-order valence-corrected chi connectivity index (χ4v) is 6.18. The van der Waals surface area contributed by atoms with Gasteiger partial charge < -0.3 is 33.2 Å². The SMILES string of the molecule is COc1ccc(COC2C(C3COC4(CCCCC4)O3)OC3OC4(CCCCC4)OC32)cc1. The molecule has 3 saturated heterocycles. The summed E-state index contributed by atoms with van der Waals surface area (Å²) >= 11 is 0. The van der Waals surface area contributed by atoms with Gasteiger partial charge in [-0.05, 0) is 43.4 Å². The Bertz CT molecular complexity index is 799. The van der Waals surface area contributed by atoms with Crippen LogP contribution in [0.25, 0.3) is 0 Å². The summed E-state index contributed by atoms with van der Waals surface area (Å²) in [6, 6.07) is 7.97. The highest BCUT2D eigenvalue weighted by Crippen LogP contribution is 2.48. The van der Waals surface area contributed by atoms with Gasteiger partial charge in [-0.2, -0.15) is 0 Å². The predicted molar refractivity (Wildman–Crippen MR) is 119 cm³/mol. The van der Waals surface area contributed by atoms with Crippen molar-refractivity contribution >= 4 is 0 Å². The van der Waals surface area contributed by atoms with Crippen LogP contribution in [0, 0.1) is 0 Å². The van der Waals surface area contributed by atoms with Crippen molar-refractivity contribution in [1.82, 2.24) is 0 Å². The summed E-state index contributed by atoms with van der Waals surface area (Å²) in [6.45, 7) is 0.991. The minimum absolute atomic E-state index is 0.177. The van der Waals surface area contributed by atoms with Crippen molar-refractivity contribution in [2.75, 3.05) is 13.7 Å². The Kier molecular flexibility index (Phi) is 6.14. The molecule has 5 fully saturated rings. The first kappa shape index (κ1) is 22.3. The molecule has 7 heteroatoms. The van der Waals surface area contributed by atoms with E-state index in [4.69, 9.17) is 33.2 Å². The molecular weight excluding hydrogens is 424 g/mol. The fourth-order valence-electron chi connectivity index (χ4n) is 6.18. The molecule has 1 aromatic carbocycles. The first-order valence-electron chi connectivity index (χ1n) is 12.8. The number of rotatable bonds is 5. The second-order valence-electron chi connectivity index (χ2n) is 10.2. The van der Waals surface area contributed by atoms with E-state index in [2.05, 4.69) is 0 Å². The van der Waals surface area contributed by atoms with Crippen LogP contribution in [-0.2, 0) is 35.0 Å². The first-order valence-corrected chi connectivity index (χ1v) is 12.8. The predicted octanol–water partition coefficient (Wildman–Crippen LogP) is 4.46. The highest BCUT2D eigenvalue weighted by atomic mass is 16.9. The number of hydrogen-bond donors (Lipinski definition) is 0. The number of methoxy groups -OCH3 is 1. The molecule has 3 aliphatic heterocycles. The normalized spacial score (nSPS) is 36.9. The van der Waals surface area contributed by atoms with E-state index in [1.165, 1.54) is 12.8 Å². The zero-order valence-electron chi connectivity index (χ0n) is 19.5. The average Bonchev–Trinajstić information content (AvgIpc) is 3.50. The van der Waals surface area contributed by atoms with Crippen LogP contribution >= 0.6 is 0 Å². The maximum atomic E-state index is 6.59. The molecule has 33 heavy (non-hydrogen) atoms. The van der Waals surface area contributed by atoms with E-state index in [9.17, 15) is 0 Å². The molecule has 2 aliphatic carbocycles. The molecule has 0 aromatic heterocycles. The Morgan fingerprint density at radius 1 is 0.818 bits per heavy atom. The Labute approximate surface area is 195 Å². The van der Waals surface area contributed by atoms with Gasteiger partial charge in [0, 0.05) is 25.7 Å². The third-order valence-corrected chi connectivity index (χ3v) is 7.96. The first-order chi connectivity index (χ1) is 16.2. The summed E-state index contributed by atoms with van der Waals surface area (Å²) < 4.78 is 44.0. The van der Waals surface area contributed by atoms with E-state index in [1.54, 1.807) is 7.11 Å². The van der Waals surface area contributed by atoms with Gasteiger partial charge in [0.25, 0.3) is 0 Å². The average molecular weight is 461 g/mol. The minimum atomic E-state index is -0.516. The van der Waals surface area contributed by atoms with E-state index in [1.807, 2.05) is 24.3 Å². The van der Waals surface area contributed by atoms with Crippen molar-refractivity contribution in [1.29, 1.82) is 0 Å². The summed E-state index contributed by atoms with van der Waals surface area (Å²) in [4.78, 5) is 0. The largest absolute Gasteiger partial charge is 0.497 e. The van der Waals surface area contributed by atoms with Crippen LogP contribution in [0.1, 0.15) is 69.8 Å². The Hall–Kier alpha value is -1.22. The molecule has 5 aliphatic rings. The molecule has 5 unspecified atom stereocenters. The van der Waals surface area contributed by atoms with Gasteiger partial charge >= 0.3 is 0 Å². The van der Waals surface area contributed by atoms with Gasteiger partial charge in [-0.15, -0.1) is 0 Å². The second kappa shape index (κ2) is 9.10. The van der Waals surface area contributed by atoms with Gasteiger partial charge in [0.1, 0.15) is 30.2 Å². The lowest BCUT2D eigenvalue weighted by Crippen LogP contribution is -2.45. The summed E-state index contributed by atoms with van der Waals surface area (Å²) in [5, 5.41) is 0. The summed E-state index contributed by atoms with van der Waals surface area (Å²) in [5.41, 5.74) is 1.08. The van der Waals surface area contributed by atoms with E-state index >= 15 is 0 Å². The maximum Gasteiger partial charge on any atom is 0.190 e. The standard InChI is InChI=1S/C26H36O7/c1-27-19-10-8-18(9-11-19)16-28-22-21(20-17-29-25(31-20)12-4-2-5-13-25)30-24-23(22)32-26(33-24)14-6-3-7-15-26/h8-11,20-24H,2-7,12-17H2,1H3. The zero-order chi connectivity index (χ0) is 22.3. The van der Waals surface area contributed by atoms with Crippen LogP contribution < -0.4 is 4.74 Å². The molecule has 1 aromatic rings. The summed E-state index contributed by atoms with van der Waals surface area (Å²) in [6.07, 6.45) is 9.40. The lowest BCUT2D eigenvalue weighted by molar-refractivity contribution is -0.263. The van der Waals surface area contributed by atoms with Crippen molar-refractivity contribution in [3.63, 3.8) is 0 Å². The Balaban J connectivity index is 1.18. The molecule has 182 valence electrons. The summed E-state index contributed by atoms with van der Waals surface area (Å²) in [5.74, 6) is -0.128. The molecule has 0 bridgehead atoms. The Morgan fingerprint density at radius 2 is 1.52 bits per heavy atom. The van der Waals surface area contributed by atoms with Gasteiger partial charge in [-0.3, -0.25) is 0 Å². The van der Waals surface area contributed by atoms with Gasteiger partial charge in [0.05, 0.1) is 20.3 Å². The third-order valence-electron chi connectivity index (χ3n) is 7.96. The van der Waals surface area contributed by atoms with Crippen LogP contribution in [0.2, 0.25) is 0 Å². The number of benzene rings is 1. The molecule has 5 atom stereocenters. The van der Waals surface area contributed by atoms with Crippen molar-refractivity contribution in [2.45, 2.75) is 113 Å². The van der Waals surface area contributed by atoms with Gasteiger partial charge in [-0.1, -0.05) is 25.0 Å². The van der Waals surface area contributed by atoms with Crippen LogP contribution in [0.5, 0.6) is 5.75 Å². The third kappa shape index (κ3) is 4.32. The van der Waals surface area contributed by atoms with Crippen molar-refractivity contribution in [2.24, 2.45) is 0 Å². The topological polar surface area (TPSA) is 64.6 Å². The van der Waals surface area contributed by atoms with Gasteiger partial charge in [-0.25, -0.2) is 0 Å². The van der Waals surface area contributed by atoms with E-state index in [0.717, 1.165) is 62.7 Å². The monoisotopic (exact) mass is 460 g/mol. The smallest absolute Gasteiger partial charge is 0.190 e. The van der Waals surface area contributed by atoms with Crippen LogP contribution in [-0.4, -0.2) is 56.0 Å². The molecule has 0 amide bonds. The molecule has 7 nitrogen and oxygen atoms in total. The van der Waals surface area contributed by atoms with Crippen molar-refractivity contribution in [3.8, 4) is 5.75 Å². The lowest BCUT2D eigenvalue weighted by atomic mass is 9.94. The van der Waals surface area contributed by atoms with Gasteiger partial charge in [0.2, 0.25) is 0 Å². The maximum absolute atomic E-state index is 6.59. The molecule has 3 heterocycles. The number of hydrogen-bond acceptors (Lipinski definition) is 7. The molecule has 0 N–H and O–H groups in total. The van der Waals surface area contributed by atoms with Crippen LogP contribution in [0.4, 0.5) is 0 Å². The summed E-state index contributed by atoms with van der Waals surface area (Å²) in [7, 11) is 1.67. The highest BCUT2D eigenvalue weighted by molar-refractivity contribution is 5.26. The number of ether oxygens (including phenoxy) is 7. The second-order valence-corrected chi connectivity index (χ2v) is 10.2.